The highest BCUT2D eigenvalue weighted by molar-refractivity contribution is 9.10. The van der Waals surface area contributed by atoms with Gasteiger partial charge in [-0.05, 0) is 37.6 Å². The minimum atomic E-state index is -0.941. The van der Waals surface area contributed by atoms with Gasteiger partial charge in [-0.15, -0.1) is 0 Å². The Balaban J connectivity index is 2.28. The number of aromatic carboxylic acids is 1. The van der Waals surface area contributed by atoms with Crippen molar-refractivity contribution in [2.45, 2.75) is 13.8 Å². The fourth-order valence-corrected chi connectivity index (χ4v) is 3.01. The molecule has 94 valence electrons. The molecule has 0 aliphatic carbocycles. The Bertz CT molecular complexity index is 590. The van der Waals surface area contributed by atoms with E-state index in [0.717, 1.165) is 27.1 Å². The molecule has 0 saturated carbocycles. The number of halogens is 1. The molecule has 1 aromatic heterocycles. The number of carbonyl (C=O) groups is 1. The summed E-state index contributed by atoms with van der Waals surface area (Å²) in [6, 6.07) is 5.90. The van der Waals surface area contributed by atoms with E-state index in [1.54, 1.807) is 6.92 Å². The topological polar surface area (TPSA) is 62.2 Å². The van der Waals surface area contributed by atoms with Gasteiger partial charge >= 0.3 is 5.97 Å². The fraction of sp³-hybridized carbons (Fsp3) is 0.167. The number of carboxylic acid groups (broad SMARTS) is 1. The molecule has 0 amide bonds. The second-order valence-electron chi connectivity index (χ2n) is 3.88. The van der Waals surface area contributed by atoms with E-state index in [2.05, 4.69) is 26.2 Å². The van der Waals surface area contributed by atoms with Gasteiger partial charge in [0.05, 0.1) is 5.69 Å². The normalized spacial score (nSPS) is 10.4. The van der Waals surface area contributed by atoms with E-state index in [9.17, 15) is 4.79 Å². The minimum Gasteiger partial charge on any atom is -0.477 e. The lowest BCUT2D eigenvalue weighted by Gasteiger charge is -2.04. The van der Waals surface area contributed by atoms with Crippen molar-refractivity contribution in [3.05, 3.63) is 38.8 Å². The summed E-state index contributed by atoms with van der Waals surface area (Å²) in [5.74, 6) is -0.941. The highest BCUT2D eigenvalue weighted by Crippen LogP contribution is 2.27. The van der Waals surface area contributed by atoms with Crippen LogP contribution in [0.3, 0.4) is 0 Å². The maximum Gasteiger partial charge on any atom is 0.347 e. The molecule has 0 spiro atoms. The SMILES string of the molecule is Cc1cc(Br)cc(Nc2nc(C)c(C(=O)O)s2)c1. The van der Waals surface area contributed by atoms with Gasteiger partial charge in [-0.25, -0.2) is 9.78 Å². The number of benzene rings is 1. The molecule has 0 atom stereocenters. The molecule has 0 aliphatic rings. The monoisotopic (exact) mass is 326 g/mol. The summed E-state index contributed by atoms with van der Waals surface area (Å²) in [6.45, 7) is 3.68. The molecule has 6 heteroatoms. The quantitative estimate of drug-likeness (QED) is 0.896. The van der Waals surface area contributed by atoms with E-state index in [1.165, 1.54) is 0 Å². The number of nitrogens with one attached hydrogen (secondary N) is 1. The molecule has 2 aromatic rings. The number of carboxylic acids is 1. The van der Waals surface area contributed by atoms with Gasteiger partial charge in [-0.2, -0.15) is 0 Å². The van der Waals surface area contributed by atoms with Crippen molar-refractivity contribution < 1.29 is 9.90 Å². The number of aryl methyl sites for hydroxylation is 2. The Labute approximate surface area is 117 Å². The maximum atomic E-state index is 10.9. The van der Waals surface area contributed by atoms with E-state index < -0.39 is 5.97 Å². The molecule has 0 fully saturated rings. The highest BCUT2D eigenvalue weighted by atomic mass is 79.9. The van der Waals surface area contributed by atoms with Gasteiger partial charge in [-0.3, -0.25) is 0 Å². The molecule has 0 unspecified atom stereocenters. The lowest BCUT2D eigenvalue weighted by Crippen LogP contribution is -1.94. The third-order valence-corrected chi connectivity index (χ3v) is 3.80. The van der Waals surface area contributed by atoms with Gasteiger partial charge in [0, 0.05) is 10.2 Å². The number of hydrogen-bond donors (Lipinski definition) is 2. The molecule has 0 bridgehead atoms. The summed E-state index contributed by atoms with van der Waals surface area (Å²) in [5, 5.41) is 12.7. The molecular weight excluding hydrogens is 316 g/mol. The van der Waals surface area contributed by atoms with Crippen molar-refractivity contribution in [3.8, 4) is 0 Å². The molecule has 1 aromatic carbocycles. The highest BCUT2D eigenvalue weighted by Gasteiger charge is 2.13. The summed E-state index contributed by atoms with van der Waals surface area (Å²) < 4.78 is 0.969. The number of hydrogen-bond acceptors (Lipinski definition) is 4. The summed E-state index contributed by atoms with van der Waals surface area (Å²) >= 11 is 4.56. The Morgan fingerprint density at radius 3 is 2.67 bits per heavy atom. The van der Waals surface area contributed by atoms with E-state index in [0.29, 0.717) is 10.8 Å². The van der Waals surface area contributed by atoms with Crippen molar-refractivity contribution in [3.63, 3.8) is 0 Å². The number of anilines is 2. The molecule has 0 aliphatic heterocycles. The van der Waals surface area contributed by atoms with Crippen LogP contribution in [0.15, 0.2) is 22.7 Å². The standard InChI is InChI=1S/C12H11BrN2O2S/c1-6-3-8(13)5-9(4-6)15-12-14-7(2)10(18-12)11(16)17/h3-5H,1-2H3,(H,14,15)(H,16,17). The molecule has 4 nitrogen and oxygen atoms in total. The van der Waals surface area contributed by atoms with Crippen LogP contribution >= 0.6 is 27.3 Å². The first-order valence-electron chi connectivity index (χ1n) is 5.20. The molecule has 18 heavy (non-hydrogen) atoms. The average molecular weight is 327 g/mol. The average Bonchev–Trinajstić information content (AvgIpc) is 2.57. The van der Waals surface area contributed by atoms with Crippen LogP contribution in [0, 0.1) is 13.8 Å². The predicted molar refractivity (Wildman–Crippen MR) is 76.0 cm³/mol. The van der Waals surface area contributed by atoms with Crippen LogP contribution in [-0.4, -0.2) is 16.1 Å². The van der Waals surface area contributed by atoms with Crippen LogP contribution in [0.5, 0.6) is 0 Å². The Hall–Kier alpha value is -1.40. The predicted octanol–water partition coefficient (Wildman–Crippen LogP) is 3.96. The van der Waals surface area contributed by atoms with Gasteiger partial charge in [0.2, 0.25) is 0 Å². The Morgan fingerprint density at radius 2 is 2.11 bits per heavy atom. The second kappa shape index (κ2) is 5.07. The maximum absolute atomic E-state index is 10.9. The Kier molecular flexibility index (Phi) is 3.68. The summed E-state index contributed by atoms with van der Waals surface area (Å²) in [7, 11) is 0. The molecule has 2 rings (SSSR count). The smallest absolute Gasteiger partial charge is 0.347 e. The molecule has 1 heterocycles. The third kappa shape index (κ3) is 2.88. The largest absolute Gasteiger partial charge is 0.477 e. The minimum absolute atomic E-state index is 0.268. The van der Waals surface area contributed by atoms with Gasteiger partial charge in [0.25, 0.3) is 0 Å². The lowest BCUT2D eigenvalue weighted by molar-refractivity contribution is 0.0701. The number of thiazole rings is 1. The van der Waals surface area contributed by atoms with Crippen LogP contribution in [0.25, 0.3) is 0 Å². The van der Waals surface area contributed by atoms with E-state index >= 15 is 0 Å². The van der Waals surface area contributed by atoms with Crippen LogP contribution in [0.1, 0.15) is 20.9 Å². The summed E-state index contributed by atoms with van der Waals surface area (Å²) in [5.41, 5.74) is 2.52. The molecule has 0 saturated heterocycles. The summed E-state index contributed by atoms with van der Waals surface area (Å²) in [6.07, 6.45) is 0. The summed E-state index contributed by atoms with van der Waals surface area (Å²) in [4.78, 5) is 15.4. The van der Waals surface area contributed by atoms with Gasteiger partial charge in [0.15, 0.2) is 5.13 Å². The zero-order valence-corrected chi connectivity index (χ0v) is 12.2. The van der Waals surface area contributed by atoms with Crippen molar-refractivity contribution in [1.82, 2.24) is 4.98 Å². The number of nitrogens with zero attached hydrogens (tertiary/aromatic N) is 1. The van der Waals surface area contributed by atoms with Crippen molar-refractivity contribution >= 4 is 44.1 Å². The van der Waals surface area contributed by atoms with E-state index in [4.69, 9.17) is 5.11 Å². The lowest BCUT2D eigenvalue weighted by atomic mass is 10.2. The zero-order chi connectivity index (χ0) is 13.3. The molecule has 0 radical (unpaired) electrons. The Morgan fingerprint density at radius 1 is 1.39 bits per heavy atom. The van der Waals surface area contributed by atoms with Gasteiger partial charge in [-0.1, -0.05) is 27.3 Å². The molecule has 2 N–H and O–H groups in total. The first kappa shape index (κ1) is 13.0. The van der Waals surface area contributed by atoms with Crippen LogP contribution in [-0.2, 0) is 0 Å². The van der Waals surface area contributed by atoms with Crippen molar-refractivity contribution in [2.24, 2.45) is 0 Å². The van der Waals surface area contributed by atoms with Crippen LogP contribution < -0.4 is 5.32 Å². The van der Waals surface area contributed by atoms with Crippen LogP contribution in [0.2, 0.25) is 0 Å². The second-order valence-corrected chi connectivity index (χ2v) is 5.80. The fourth-order valence-electron chi connectivity index (χ4n) is 1.58. The van der Waals surface area contributed by atoms with Gasteiger partial charge in [0.1, 0.15) is 4.88 Å². The van der Waals surface area contributed by atoms with Crippen molar-refractivity contribution in [1.29, 1.82) is 0 Å². The van der Waals surface area contributed by atoms with Crippen molar-refractivity contribution in [2.75, 3.05) is 5.32 Å². The zero-order valence-electron chi connectivity index (χ0n) is 9.82. The van der Waals surface area contributed by atoms with E-state index in [1.807, 2.05) is 25.1 Å². The first-order valence-corrected chi connectivity index (χ1v) is 6.81. The molecular formula is C12H11BrN2O2S. The van der Waals surface area contributed by atoms with Gasteiger partial charge < -0.3 is 10.4 Å². The van der Waals surface area contributed by atoms with Crippen LogP contribution in [0.4, 0.5) is 10.8 Å². The number of rotatable bonds is 3. The first-order chi connectivity index (χ1) is 8.45. The van der Waals surface area contributed by atoms with E-state index in [-0.39, 0.29) is 4.88 Å². The third-order valence-electron chi connectivity index (χ3n) is 2.28. The number of aromatic nitrogens is 1.